The van der Waals surface area contributed by atoms with E-state index < -0.39 is 10.0 Å². The Morgan fingerprint density at radius 3 is 2.46 bits per heavy atom. The van der Waals surface area contributed by atoms with Crippen molar-refractivity contribution in [3.05, 3.63) is 64.1 Å². The molecule has 3 aromatic rings. The van der Waals surface area contributed by atoms with E-state index in [1.165, 1.54) is 6.07 Å². The van der Waals surface area contributed by atoms with Crippen molar-refractivity contribution in [3.63, 3.8) is 0 Å². The first-order valence-corrected chi connectivity index (χ1v) is 10.7. The van der Waals surface area contributed by atoms with Crippen LogP contribution in [-0.4, -0.2) is 15.5 Å². The lowest BCUT2D eigenvalue weighted by molar-refractivity contribution is 0.415. The molecule has 0 radical (unpaired) electrons. The van der Waals surface area contributed by atoms with Gasteiger partial charge in [0.25, 0.3) is 10.0 Å². The van der Waals surface area contributed by atoms with E-state index in [4.69, 9.17) is 21.1 Å². The number of hydrogen-bond acceptors (Lipinski definition) is 5. The number of benzene rings is 2. The summed E-state index contributed by atoms with van der Waals surface area (Å²) < 4.78 is 39.3. The zero-order valence-electron chi connectivity index (χ0n) is 13.4. The summed E-state index contributed by atoms with van der Waals surface area (Å²) in [6.07, 6.45) is 0. The normalized spacial score (nSPS) is 11.2. The molecule has 0 atom stereocenters. The molecule has 0 saturated heterocycles. The van der Waals surface area contributed by atoms with Crippen LogP contribution in [0.1, 0.15) is 0 Å². The molecule has 2 aromatic carbocycles. The predicted molar refractivity (Wildman–Crippen MR) is 107 cm³/mol. The summed E-state index contributed by atoms with van der Waals surface area (Å²) in [5.41, 5.74) is 0.421. The summed E-state index contributed by atoms with van der Waals surface area (Å²) in [5.74, 6) is 1.19. The average molecular weight is 475 g/mol. The van der Waals surface area contributed by atoms with Crippen molar-refractivity contribution in [2.75, 3.05) is 11.8 Å². The number of sulfonamides is 1. The van der Waals surface area contributed by atoms with Gasteiger partial charge in [0, 0.05) is 10.2 Å². The molecule has 5 nitrogen and oxygen atoms in total. The number of anilines is 1. The number of ether oxygens (including phenoxy) is 2. The minimum Gasteiger partial charge on any atom is -0.497 e. The van der Waals surface area contributed by atoms with Gasteiger partial charge in [0.15, 0.2) is 0 Å². The number of methoxy groups -OCH3 is 1. The van der Waals surface area contributed by atoms with Crippen LogP contribution in [0.2, 0.25) is 5.02 Å². The second-order valence-electron chi connectivity index (χ2n) is 5.09. The molecular formula is C17H13BrClNO4S2. The average Bonchev–Trinajstić information content (AvgIpc) is 2.97. The molecule has 0 unspecified atom stereocenters. The summed E-state index contributed by atoms with van der Waals surface area (Å²) in [5, 5.41) is 0.532. The van der Waals surface area contributed by atoms with Crippen molar-refractivity contribution >= 4 is 54.6 Å². The molecule has 0 amide bonds. The Morgan fingerprint density at radius 2 is 1.81 bits per heavy atom. The first-order chi connectivity index (χ1) is 12.4. The first kappa shape index (κ1) is 19.0. The van der Waals surface area contributed by atoms with Crippen LogP contribution in [0.25, 0.3) is 0 Å². The van der Waals surface area contributed by atoms with E-state index in [-0.39, 0.29) is 9.23 Å². The van der Waals surface area contributed by atoms with Crippen LogP contribution in [0.4, 0.5) is 5.69 Å². The molecule has 1 aromatic heterocycles. The van der Waals surface area contributed by atoms with Gasteiger partial charge >= 0.3 is 0 Å². The fraction of sp³-hybridized carbons (Fsp3) is 0.0588. The highest BCUT2D eigenvalue weighted by molar-refractivity contribution is 9.10. The Balaban J connectivity index is 1.81. The van der Waals surface area contributed by atoms with Gasteiger partial charge in [-0.2, -0.15) is 0 Å². The fourth-order valence-corrected chi connectivity index (χ4v) is 5.07. The number of rotatable bonds is 6. The summed E-state index contributed by atoms with van der Waals surface area (Å²) >= 11 is 10.5. The van der Waals surface area contributed by atoms with Crippen LogP contribution in [-0.2, 0) is 10.0 Å². The van der Waals surface area contributed by atoms with Crippen LogP contribution in [0.5, 0.6) is 16.6 Å². The Morgan fingerprint density at radius 1 is 1.08 bits per heavy atom. The molecule has 1 N–H and O–H groups in total. The highest BCUT2D eigenvalue weighted by Gasteiger charge is 2.21. The van der Waals surface area contributed by atoms with Crippen LogP contribution in [0.15, 0.2) is 63.3 Å². The summed E-state index contributed by atoms with van der Waals surface area (Å²) in [7, 11) is -2.24. The third-order valence-corrected chi connectivity index (χ3v) is 7.00. The van der Waals surface area contributed by atoms with Crippen LogP contribution in [0.3, 0.4) is 0 Å². The highest BCUT2D eigenvalue weighted by Crippen LogP contribution is 2.40. The lowest BCUT2D eigenvalue weighted by Gasteiger charge is -2.07. The van der Waals surface area contributed by atoms with Gasteiger partial charge < -0.3 is 9.47 Å². The van der Waals surface area contributed by atoms with Gasteiger partial charge in [-0.3, -0.25) is 4.72 Å². The number of nitrogens with one attached hydrogen (secondary N) is 1. The van der Waals surface area contributed by atoms with Gasteiger partial charge in [-0.1, -0.05) is 44.9 Å². The number of hydrogen-bond donors (Lipinski definition) is 1. The molecule has 0 bridgehead atoms. The lowest BCUT2D eigenvalue weighted by Crippen LogP contribution is -2.11. The van der Waals surface area contributed by atoms with E-state index in [2.05, 4.69) is 20.7 Å². The molecule has 3 rings (SSSR count). The monoisotopic (exact) mass is 473 g/mol. The summed E-state index contributed by atoms with van der Waals surface area (Å²) in [4.78, 5) is 0. The first-order valence-electron chi connectivity index (χ1n) is 7.27. The molecule has 26 heavy (non-hydrogen) atoms. The van der Waals surface area contributed by atoms with Gasteiger partial charge in [-0.15, -0.1) is 0 Å². The maximum atomic E-state index is 12.6. The number of halogens is 2. The van der Waals surface area contributed by atoms with Crippen molar-refractivity contribution < 1.29 is 17.9 Å². The molecule has 0 aliphatic rings. The van der Waals surface area contributed by atoms with Gasteiger partial charge in [0.05, 0.1) is 12.1 Å². The minimum atomic E-state index is -3.78. The molecule has 136 valence electrons. The molecular weight excluding hydrogens is 462 g/mol. The van der Waals surface area contributed by atoms with Crippen LogP contribution >= 0.6 is 38.9 Å². The Labute approximate surface area is 168 Å². The highest BCUT2D eigenvalue weighted by atomic mass is 79.9. The van der Waals surface area contributed by atoms with Gasteiger partial charge in [-0.05, 0) is 48.5 Å². The lowest BCUT2D eigenvalue weighted by atomic mass is 10.3. The Kier molecular flexibility index (Phi) is 5.76. The topological polar surface area (TPSA) is 64.6 Å². The van der Waals surface area contributed by atoms with Crippen molar-refractivity contribution in [3.8, 4) is 16.6 Å². The second kappa shape index (κ2) is 7.87. The van der Waals surface area contributed by atoms with E-state index in [1.54, 1.807) is 43.5 Å². The van der Waals surface area contributed by atoms with E-state index in [0.29, 0.717) is 22.2 Å². The van der Waals surface area contributed by atoms with Crippen molar-refractivity contribution in [2.45, 2.75) is 4.21 Å². The Hall–Kier alpha value is -1.74. The molecule has 0 fully saturated rings. The van der Waals surface area contributed by atoms with Gasteiger partial charge in [0.2, 0.25) is 5.06 Å². The van der Waals surface area contributed by atoms with E-state index in [9.17, 15) is 8.42 Å². The van der Waals surface area contributed by atoms with Gasteiger partial charge in [-0.25, -0.2) is 8.42 Å². The van der Waals surface area contributed by atoms with Crippen LogP contribution < -0.4 is 14.2 Å². The van der Waals surface area contributed by atoms with Gasteiger partial charge in [0.1, 0.15) is 15.7 Å². The Bertz CT molecular complexity index is 1020. The minimum absolute atomic E-state index is 0.0586. The van der Waals surface area contributed by atoms with Crippen molar-refractivity contribution in [1.82, 2.24) is 0 Å². The van der Waals surface area contributed by atoms with Crippen LogP contribution in [0, 0.1) is 0 Å². The molecule has 9 heteroatoms. The smallest absolute Gasteiger partial charge is 0.271 e. The second-order valence-corrected chi connectivity index (χ2v) is 9.34. The number of thiophene rings is 1. The zero-order chi connectivity index (χ0) is 18.7. The maximum absolute atomic E-state index is 12.6. The predicted octanol–water partition coefficient (Wildman–Crippen LogP) is 5.77. The van der Waals surface area contributed by atoms with Crippen molar-refractivity contribution in [1.29, 1.82) is 0 Å². The van der Waals surface area contributed by atoms with E-state index in [1.807, 2.05) is 12.1 Å². The molecule has 0 aliphatic heterocycles. The van der Waals surface area contributed by atoms with E-state index >= 15 is 0 Å². The molecule has 1 heterocycles. The SMILES string of the molecule is COc1ccc(NS(=O)(=O)c2cc(Cl)c(Oc3cccc(Br)c3)s2)cc1. The summed E-state index contributed by atoms with van der Waals surface area (Å²) in [6.45, 7) is 0. The van der Waals surface area contributed by atoms with E-state index in [0.717, 1.165) is 15.8 Å². The standard InChI is InChI=1S/C17H13BrClNO4S2/c1-23-13-7-5-12(6-8-13)20-26(21,22)16-10-15(19)17(25-16)24-14-4-2-3-11(18)9-14/h2-10,20H,1H3. The quantitative estimate of drug-likeness (QED) is 0.493. The molecule has 0 aliphatic carbocycles. The largest absolute Gasteiger partial charge is 0.497 e. The maximum Gasteiger partial charge on any atom is 0.271 e. The molecule has 0 saturated carbocycles. The summed E-state index contributed by atoms with van der Waals surface area (Å²) in [6, 6.07) is 15.1. The molecule has 0 spiro atoms. The third kappa shape index (κ3) is 4.50. The zero-order valence-corrected chi connectivity index (χ0v) is 17.4. The third-order valence-electron chi connectivity index (χ3n) is 3.25. The fourth-order valence-electron chi connectivity index (χ4n) is 2.04. The van der Waals surface area contributed by atoms with Crippen molar-refractivity contribution in [2.24, 2.45) is 0 Å².